The number of aromatic nitrogens is 2. The van der Waals surface area contributed by atoms with Gasteiger partial charge in [0.25, 0.3) is 5.91 Å². The molecule has 0 aliphatic carbocycles. The molecule has 33 heavy (non-hydrogen) atoms. The Morgan fingerprint density at radius 2 is 1.82 bits per heavy atom. The number of halogens is 1. The van der Waals surface area contributed by atoms with Gasteiger partial charge in [-0.1, -0.05) is 5.16 Å². The van der Waals surface area contributed by atoms with E-state index >= 15 is 0 Å². The average Bonchev–Trinajstić information content (AvgIpc) is 3.23. The van der Waals surface area contributed by atoms with E-state index in [-0.39, 0.29) is 23.5 Å². The Morgan fingerprint density at radius 1 is 1.15 bits per heavy atom. The number of carbonyl (C=O) groups is 1. The maximum absolute atomic E-state index is 13.1. The number of benzene rings is 2. The zero-order valence-corrected chi connectivity index (χ0v) is 18.7. The van der Waals surface area contributed by atoms with E-state index in [1.165, 1.54) is 12.1 Å². The van der Waals surface area contributed by atoms with E-state index in [2.05, 4.69) is 14.9 Å². The Morgan fingerprint density at radius 3 is 2.42 bits per heavy atom. The highest BCUT2D eigenvalue weighted by molar-refractivity contribution is 7.89. The van der Waals surface area contributed by atoms with Crippen molar-refractivity contribution in [2.45, 2.75) is 37.3 Å². The van der Waals surface area contributed by atoms with Gasteiger partial charge >= 0.3 is 0 Å². The van der Waals surface area contributed by atoms with Crippen LogP contribution in [0, 0.1) is 12.7 Å². The number of aryl methyl sites for hydroxylation is 1. The minimum atomic E-state index is -3.74. The number of nitrogens with one attached hydrogen (secondary N) is 1. The highest BCUT2D eigenvalue weighted by Crippen LogP contribution is 2.19. The molecule has 0 bridgehead atoms. The second kappa shape index (κ2) is 9.67. The van der Waals surface area contributed by atoms with Crippen LogP contribution >= 0.6 is 0 Å². The number of hydrogen-bond acceptors (Lipinski definition) is 7. The van der Waals surface area contributed by atoms with E-state index in [4.69, 9.17) is 9.26 Å². The van der Waals surface area contributed by atoms with Gasteiger partial charge in [0, 0.05) is 31.6 Å². The Labute approximate surface area is 190 Å². The van der Waals surface area contributed by atoms with E-state index in [0.717, 1.165) is 12.1 Å². The van der Waals surface area contributed by atoms with Crippen molar-refractivity contribution in [1.82, 2.24) is 19.8 Å². The van der Waals surface area contributed by atoms with Crippen LogP contribution in [0.15, 0.2) is 57.9 Å². The third-order valence-corrected chi connectivity index (χ3v) is 6.80. The number of ether oxygens (including phenoxy) is 1. The third-order valence-electron chi connectivity index (χ3n) is 5.27. The van der Waals surface area contributed by atoms with E-state index < -0.39 is 15.8 Å². The van der Waals surface area contributed by atoms with Crippen LogP contribution in [-0.4, -0.2) is 48.5 Å². The summed E-state index contributed by atoms with van der Waals surface area (Å²) in [5.41, 5.74) is 0.517. The van der Waals surface area contributed by atoms with Crippen molar-refractivity contribution in [1.29, 1.82) is 0 Å². The lowest BCUT2D eigenvalue weighted by atomic mass is 10.0. The fraction of sp³-hybridized carbons (Fsp3) is 0.318. The number of piperidine rings is 1. The molecule has 0 unspecified atom stereocenters. The topological polar surface area (TPSA) is 115 Å². The predicted molar refractivity (Wildman–Crippen MR) is 115 cm³/mol. The van der Waals surface area contributed by atoms with Gasteiger partial charge in [-0.2, -0.15) is 4.98 Å². The molecule has 1 aromatic heterocycles. The summed E-state index contributed by atoms with van der Waals surface area (Å²) in [4.78, 5) is 18.6. The molecule has 1 saturated heterocycles. The molecule has 1 fully saturated rings. The molecule has 0 spiro atoms. The predicted octanol–water partition coefficient (Wildman–Crippen LogP) is 2.68. The van der Waals surface area contributed by atoms with E-state index in [1.54, 1.807) is 36.1 Å². The number of nitrogens with zero attached hydrogens (tertiary/aromatic N) is 3. The van der Waals surface area contributed by atoms with Crippen molar-refractivity contribution in [3.8, 4) is 5.75 Å². The van der Waals surface area contributed by atoms with Crippen LogP contribution < -0.4 is 9.46 Å². The lowest BCUT2D eigenvalue weighted by Crippen LogP contribution is -2.46. The van der Waals surface area contributed by atoms with E-state index in [0.29, 0.717) is 49.0 Å². The van der Waals surface area contributed by atoms with Gasteiger partial charge in [-0.05, 0) is 61.4 Å². The van der Waals surface area contributed by atoms with Gasteiger partial charge in [0.15, 0.2) is 6.61 Å². The van der Waals surface area contributed by atoms with E-state index in [9.17, 15) is 17.6 Å². The number of rotatable bonds is 7. The van der Waals surface area contributed by atoms with Gasteiger partial charge in [0.05, 0.1) is 4.90 Å². The van der Waals surface area contributed by atoms with Crippen LogP contribution in [0.2, 0.25) is 0 Å². The van der Waals surface area contributed by atoms with Gasteiger partial charge < -0.3 is 14.2 Å². The summed E-state index contributed by atoms with van der Waals surface area (Å²) >= 11 is 0. The molecule has 1 aliphatic heterocycles. The molecule has 174 valence electrons. The average molecular weight is 475 g/mol. The molecule has 1 N–H and O–H groups in total. The molecule has 4 rings (SSSR count). The first-order valence-corrected chi connectivity index (χ1v) is 11.9. The van der Waals surface area contributed by atoms with Gasteiger partial charge in [-0.15, -0.1) is 0 Å². The molecule has 9 nitrogen and oxygen atoms in total. The molecule has 3 aromatic rings. The summed E-state index contributed by atoms with van der Waals surface area (Å²) in [6.45, 7) is 2.70. The van der Waals surface area contributed by atoms with Gasteiger partial charge in [0.2, 0.25) is 21.7 Å². The molecule has 1 amide bonds. The van der Waals surface area contributed by atoms with Crippen LogP contribution in [0.4, 0.5) is 4.39 Å². The Kier molecular flexibility index (Phi) is 6.70. The van der Waals surface area contributed by atoms with Crippen LogP contribution in [-0.2, 0) is 16.6 Å². The maximum atomic E-state index is 13.1. The first kappa shape index (κ1) is 22.9. The van der Waals surface area contributed by atoms with Crippen molar-refractivity contribution in [2.24, 2.45) is 0 Å². The normalized spacial score (nSPS) is 14.9. The summed E-state index contributed by atoms with van der Waals surface area (Å²) in [5, 5.41) is 3.76. The van der Waals surface area contributed by atoms with E-state index in [1.807, 2.05) is 0 Å². The molecular formula is C22H23FN4O5S. The van der Waals surface area contributed by atoms with Gasteiger partial charge in [-0.3, -0.25) is 4.79 Å². The third kappa shape index (κ3) is 5.74. The Balaban J connectivity index is 1.28. The highest BCUT2D eigenvalue weighted by Gasteiger charge is 2.27. The molecule has 0 radical (unpaired) electrons. The maximum Gasteiger partial charge on any atom is 0.253 e. The Bertz CT molecular complexity index is 1200. The minimum absolute atomic E-state index is 0.0131. The van der Waals surface area contributed by atoms with Crippen molar-refractivity contribution < 1.29 is 26.9 Å². The van der Waals surface area contributed by atoms with Crippen LogP contribution in [0.1, 0.15) is 34.9 Å². The first-order valence-electron chi connectivity index (χ1n) is 10.4. The zero-order chi connectivity index (χ0) is 23.4. The monoisotopic (exact) mass is 474 g/mol. The van der Waals surface area contributed by atoms with Crippen molar-refractivity contribution in [3.63, 3.8) is 0 Å². The summed E-state index contributed by atoms with van der Waals surface area (Å²) in [6, 6.07) is 11.1. The van der Waals surface area contributed by atoms with Crippen LogP contribution in [0.25, 0.3) is 0 Å². The number of sulfonamides is 1. The second-order valence-electron chi connectivity index (χ2n) is 7.68. The number of likely N-dealkylation sites (tertiary alicyclic amines) is 1. The van der Waals surface area contributed by atoms with Crippen molar-refractivity contribution in [2.75, 3.05) is 13.1 Å². The number of amides is 1. The molecule has 2 heterocycles. The molecule has 0 saturated carbocycles. The first-order chi connectivity index (χ1) is 15.8. The zero-order valence-electron chi connectivity index (χ0n) is 17.9. The molecule has 11 heteroatoms. The number of hydrogen-bond donors (Lipinski definition) is 1. The quantitative estimate of drug-likeness (QED) is 0.560. The van der Waals surface area contributed by atoms with Crippen LogP contribution in [0.3, 0.4) is 0 Å². The minimum Gasteiger partial charge on any atom is -0.485 e. The molecular weight excluding hydrogens is 451 g/mol. The smallest absolute Gasteiger partial charge is 0.253 e. The molecule has 1 aliphatic rings. The highest BCUT2D eigenvalue weighted by atomic mass is 32.2. The lowest BCUT2D eigenvalue weighted by molar-refractivity contribution is 0.0711. The summed E-state index contributed by atoms with van der Waals surface area (Å²) in [5.74, 6) is 0.840. The SMILES string of the molecule is Cc1nc(COc2ccc(C(=O)N3CCC(NS(=O)(=O)c4ccc(F)cc4)CC3)cc2)no1. The fourth-order valence-corrected chi connectivity index (χ4v) is 4.83. The lowest BCUT2D eigenvalue weighted by Gasteiger charge is -2.32. The second-order valence-corrected chi connectivity index (χ2v) is 9.40. The summed E-state index contributed by atoms with van der Waals surface area (Å²) < 4.78 is 51.2. The summed E-state index contributed by atoms with van der Waals surface area (Å²) in [7, 11) is -3.74. The van der Waals surface area contributed by atoms with Crippen LogP contribution in [0.5, 0.6) is 5.75 Å². The Hall–Kier alpha value is -3.31. The van der Waals surface area contributed by atoms with Gasteiger partial charge in [0.1, 0.15) is 11.6 Å². The standard InChI is InChI=1S/C22H23FN4O5S/c1-15-24-21(25-32-15)14-31-19-6-2-16(3-7-19)22(28)27-12-10-18(11-13-27)26-33(29,30)20-8-4-17(23)5-9-20/h2-9,18,26H,10-14H2,1H3. The molecule has 2 aromatic carbocycles. The summed E-state index contributed by atoms with van der Waals surface area (Å²) in [6.07, 6.45) is 0.967. The fourth-order valence-electron chi connectivity index (χ4n) is 3.53. The largest absolute Gasteiger partial charge is 0.485 e. The van der Waals surface area contributed by atoms with Gasteiger partial charge in [-0.25, -0.2) is 17.5 Å². The number of carbonyl (C=O) groups excluding carboxylic acids is 1. The van der Waals surface area contributed by atoms with Crippen molar-refractivity contribution >= 4 is 15.9 Å². The molecule has 0 atom stereocenters. The van der Waals surface area contributed by atoms with Crippen molar-refractivity contribution in [3.05, 3.63) is 71.6 Å².